The Morgan fingerprint density at radius 2 is 1.37 bits per heavy atom. The van der Waals surface area contributed by atoms with Crippen molar-refractivity contribution in [3.8, 4) is 22.4 Å². The molecule has 0 unspecified atom stereocenters. The maximum absolute atomic E-state index is 4.94. The summed E-state index contributed by atoms with van der Waals surface area (Å²) in [6, 6.07) is 22.7. The Hall–Kier alpha value is -2.89. The van der Waals surface area contributed by atoms with E-state index in [1.165, 1.54) is 0 Å². The third kappa shape index (κ3) is 4.48. The number of pyridine rings is 1. The third-order valence-electron chi connectivity index (χ3n) is 4.44. The van der Waals surface area contributed by atoms with Crippen LogP contribution < -0.4 is 0 Å². The van der Waals surface area contributed by atoms with Gasteiger partial charge in [-0.25, -0.2) is 15.0 Å². The lowest BCUT2D eigenvalue weighted by Gasteiger charge is -2.13. The molecule has 0 aliphatic rings. The molecule has 3 nitrogen and oxygen atoms in total. The predicted octanol–water partition coefficient (Wildman–Crippen LogP) is 6.92. The van der Waals surface area contributed by atoms with Gasteiger partial charge in [0.2, 0.25) is 0 Å². The van der Waals surface area contributed by atoms with Crippen molar-refractivity contribution >= 4 is 34.6 Å². The van der Waals surface area contributed by atoms with Crippen LogP contribution in [0.3, 0.4) is 0 Å². The zero-order chi connectivity index (χ0) is 20.8. The molecule has 0 aliphatic carbocycles. The second-order valence-electron chi connectivity index (χ2n) is 6.50. The molecular weight excluding hydrogens is 406 g/mol. The Bertz CT molecular complexity index is 1180. The lowest BCUT2D eigenvalue weighted by molar-refractivity contribution is 0.923. The topological polar surface area (TPSA) is 38.7 Å². The molecule has 0 bridgehead atoms. The van der Waals surface area contributed by atoms with E-state index < -0.39 is 0 Å². The third-order valence-corrected chi connectivity index (χ3v) is 6.25. The van der Waals surface area contributed by atoms with Gasteiger partial charge in [-0.05, 0) is 17.2 Å². The van der Waals surface area contributed by atoms with Gasteiger partial charge >= 0.3 is 0 Å². The van der Waals surface area contributed by atoms with Gasteiger partial charge in [0.1, 0.15) is 5.03 Å². The van der Waals surface area contributed by atoms with E-state index in [4.69, 9.17) is 15.0 Å². The molecule has 4 aromatic rings. The van der Waals surface area contributed by atoms with Crippen LogP contribution in [-0.4, -0.2) is 26.5 Å². The molecule has 5 heteroatoms. The van der Waals surface area contributed by atoms with Gasteiger partial charge in [0, 0.05) is 17.1 Å². The van der Waals surface area contributed by atoms with E-state index in [1.54, 1.807) is 23.5 Å². The van der Waals surface area contributed by atoms with Crippen LogP contribution in [0.25, 0.3) is 33.4 Å². The fourth-order valence-electron chi connectivity index (χ4n) is 3.12. The van der Waals surface area contributed by atoms with Crippen molar-refractivity contribution in [2.75, 3.05) is 11.5 Å². The van der Waals surface area contributed by atoms with Gasteiger partial charge in [0.05, 0.1) is 11.1 Å². The predicted molar refractivity (Wildman–Crippen MR) is 130 cm³/mol. The van der Waals surface area contributed by atoms with E-state index in [2.05, 4.69) is 55.6 Å². The van der Waals surface area contributed by atoms with Crippen molar-refractivity contribution in [2.45, 2.75) is 10.2 Å². The molecule has 2 aromatic heterocycles. The van der Waals surface area contributed by atoms with Gasteiger partial charge in [0.15, 0.2) is 10.8 Å². The summed E-state index contributed by atoms with van der Waals surface area (Å²) in [5.74, 6) is 1.52. The van der Waals surface area contributed by atoms with Crippen molar-refractivity contribution in [3.63, 3.8) is 0 Å². The maximum atomic E-state index is 4.94. The molecule has 148 valence electrons. The highest BCUT2D eigenvalue weighted by Gasteiger charge is 2.17. The average molecular weight is 428 g/mol. The summed E-state index contributed by atoms with van der Waals surface area (Å²) >= 11 is 3.23. The molecule has 0 atom stereocenters. The average Bonchev–Trinajstić information content (AvgIpc) is 2.81. The largest absolute Gasteiger partial charge is 0.228 e. The molecule has 0 saturated carbocycles. The summed E-state index contributed by atoms with van der Waals surface area (Å²) in [4.78, 5) is 14.6. The van der Waals surface area contributed by atoms with Gasteiger partial charge in [-0.1, -0.05) is 84.6 Å². The van der Waals surface area contributed by atoms with Crippen LogP contribution in [0.4, 0.5) is 0 Å². The van der Waals surface area contributed by atoms with E-state index in [-0.39, 0.29) is 0 Å². The Morgan fingerprint density at radius 1 is 0.733 bits per heavy atom. The molecule has 0 spiro atoms. The smallest absolute Gasteiger partial charge is 0.191 e. The number of aromatic nitrogens is 3. The van der Waals surface area contributed by atoms with Crippen LogP contribution in [-0.2, 0) is 0 Å². The van der Waals surface area contributed by atoms with Gasteiger partial charge in [-0.15, -0.1) is 24.9 Å². The van der Waals surface area contributed by atoms with Gasteiger partial charge < -0.3 is 0 Å². The lowest BCUT2D eigenvalue weighted by Crippen LogP contribution is -1.99. The Kier molecular flexibility index (Phi) is 6.62. The highest BCUT2D eigenvalue weighted by molar-refractivity contribution is 8.00. The van der Waals surface area contributed by atoms with Crippen LogP contribution in [0.1, 0.15) is 0 Å². The lowest BCUT2D eigenvalue weighted by atomic mass is 10.0. The molecule has 0 aliphatic heterocycles. The first kappa shape index (κ1) is 20.4. The quantitative estimate of drug-likeness (QED) is 0.132. The van der Waals surface area contributed by atoms with Crippen LogP contribution in [0, 0.1) is 0 Å². The molecule has 2 aromatic carbocycles. The Morgan fingerprint density at radius 3 is 2.03 bits per heavy atom. The summed E-state index contributed by atoms with van der Waals surface area (Å²) in [5.41, 5.74) is 4.89. The van der Waals surface area contributed by atoms with Crippen LogP contribution in [0.5, 0.6) is 0 Å². The summed E-state index contributed by atoms with van der Waals surface area (Å²) in [5, 5.41) is 2.62. The van der Waals surface area contributed by atoms with Gasteiger partial charge in [-0.3, -0.25) is 0 Å². The summed E-state index contributed by atoms with van der Waals surface area (Å²) in [6.07, 6.45) is 3.75. The number of nitrogens with zero attached hydrogens (tertiary/aromatic N) is 3. The monoisotopic (exact) mass is 427 g/mol. The number of fused-ring (bicyclic) bond motifs is 1. The molecule has 4 rings (SSSR count). The first-order chi connectivity index (χ1) is 14.8. The molecule has 0 radical (unpaired) electrons. The summed E-state index contributed by atoms with van der Waals surface area (Å²) < 4.78 is 0. The van der Waals surface area contributed by atoms with Crippen molar-refractivity contribution in [2.24, 2.45) is 0 Å². The molecule has 0 fully saturated rings. The van der Waals surface area contributed by atoms with Crippen molar-refractivity contribution in [1.29, 1.82) is 0 Å². The molecule has 0 amide bonds. The number of rotatable bonds is 8. The van der Waals surface area contributed by atoms with Crippen LogP contribution in [0.15, 0.2) is 102 Å². The molecular formula is C25H21N3S2. The van der Waals surface area contributed by atoms with E-state index in [9.17, 15) is 0 Å². The van der Waals surface area contributed by atoms with E-state index >= 15 is 0 Å². The normalized spacial score (nSPS) is 10.8. The minimum atomic E-state index is 0.711. The molecule has 0 N–H and O–H groups in total. The first-order valence-corrected chi connectivity index (χ1v) is 11.6. The minimum Gasteiger partial charge on any atom is -0.228 e. The van der Waals surface area contributed by atoms with E-state index in [0.29, 0.717) is 10.8 Å². The van der Waals surface area contributed by atoms with Gasteiger partial charge in [-0.2, -0.15) is 0 Å². The van der Waals surface area contributed by atoms with E-state index in [1.807, 2.05) is 36.4 Å². The molecule has 2 heterocycles. The number of hydrogen-bond donors (Lipinski definition) is 0. The molecule has 0 saturated heterocycles. The fourth-order valence-corrected chi connectivity index (χ4v) is 4.53. The number of thioether (sulfide) groups is 2. The zero-order valence-corrected chi connectivity index (χ0v) is 18.1. The van der Waals surface area contributed by atoms with E-state index in [0.717, 1.165) is 44.3 Å². The maximum Gasteiger partial charge on any atom is 0.191 e. The second kappa shape index (κ2) is 9.74. The minimum absolute atomic E-state index is 0.711. The van der Waals surface area contributed by atoms with Crippen LogP contribution >= 0.6 is 23.5 Å². The number of hydrogen-bond acceptors (Lipinski definition) is 5. The Labute approximate surface area is 185 Å². The van der Waals surface area contributed by atoms with Crippen LogP contribution in [0.2, 0.25) is 0 Å². The van der Waals surface area contributed by atoms with Crippen molar-refractivity contribution in [3.05, 3.63) is 92.0 Å². The zero-order valence-electron chi connectivity index (χ0n) is 16.5. The summed E-state index contributed by atoms with van der Waals surface area (Å²) in [6.45, 7) is 7.67. The fraction of sp³-hybridized carbons (Fsp3) is 0.0800. The van der Waals surface area contributed by atoms with Gasteiger partial charge in [0.25, 0.3) is 0 Å². The van der Waals surface area contributed by atoms with Crippen molar-refractivity contribution in [1.82, 2.24) is 15.0 Å². The summed E-state index contributed by atoms with van der Waals surface area (Å²) in [7, 11) is 0. The standard InChI is InChI=1S/C25H21N3S2/c1-3-15-29-24-22-20(18-11-7-5-8-12-18)17-21(19-13-9-6-10-14-19)26-23(22)27-25(28-24)30-16-4-2/h3-14,17H,1-2,15-16H2. The first-order valence-electron chi connectivity index (χ1n) is 9.61. The number of benzene rings is 2. The highest BCUT2D eigenvalue weighted by atomic mass is 32.2. The highest BCUT2D eigenvalue weighted by Crippen LogP contribution is 2.37. The second-order valence-corrected chi connectivity index (χ2v) is 8.49. The Balaban J connectivity index is 2.01. The SMILES string of the molecule is C=CCSc1nc(SCC=C)c2c(-c3ccccc3)cc(-c3ccccc3)nc2n1. The molecule has 30 heavy (non-hydrogen) atoms. The van der Waals surface area contributed by atoms with Crippen molar-refractivity contribution < 1.29 is 0 Å².